The number of nitrogens with one attached hydrogen (secondary N) is 1. The summed E-state index contributed by atoms with van der Waals surface area (Å²) in [7, 11) is -4.22. The number of hydrogen-bond donors (Lipinski definition) is 2. The van der Waals surface area contributed by atoms with E-state index in [-0.39, 0.29) is 11.3 Å². The highest BCUT2D eigenvalue weighted by molar-refractivity contribution is 7.92. The van der Waals surface area contributed by atoms with Gasteiger partial charge in [0.15, 0.2) is 11.6 Å². The zero-order chi connectivity index (χ0) is 23.6. The molecule has 2 fully saturated rings. The highest BCUT2D eigenvalue weighted by Gasteiger charge is 2.26. The molecule has 4 rings (SSSR count). The summed E-state index contributed by atoms with van der Waals surface area (Å²) < 4.78 is 54.1. The average Bonchev–Trinajstić information content (AvgIpc) is 3.28. The van der Waals surface area contributed by atoms with Crippen LogP contribution in [0.25, 0.3) is 0 Å². The third-order valence-corrected chi connectivity index (χ3v) is 7.63. The lowest BCUT2D eigenvalue weighted by Gasteiger charge is -2.36. The van der Waals surface area contributed by atoms with Gasteiger partial charge < -0.3 is 14.9 Å². The number of nitrogens with zero attached hydrogens (tertiary/aromatic N) is 2. The average molecular weight is 480 g/mol. The van der Waals surface area contributed by atoms with Crippen LogP contribution in [0, 0.1) is 17.6 Å². The Bertz CT molecular complexity index is 1140. The van der Waals surface area contributed by atoms with Gasteiger partial charge in [-0.25, -0.2) is 22.0 Å². The fourth-order valence-corrected chi connectivity index (χ4v) is 5.73. The third-order valence-electron chi connectivity index (χ3n) is 6.26. The van der Waals surface area contributed by atoms with Crippen molar-refractivity contribution in [2.45, 2.75) is 30.6 Å². The van der Waals surface area contributed by atoms with E-state index in [4.69, 9.17) is 0 Å². The molecule has 0 unspecified atom stereocenters. The number of piperidine rings is 1. The lowest BCUT2D eigenvalue weighted by molar-refractivity contribution is 0.0697. The number of likely N-dealkylation sites (tertiary alicyclic amines) is 1. The zero-order valence-corrected chi connectivity index (χ0v) is 19.0. The summed E-state index contributed by atoms with van der Waals surface area (Å²) >= 11 is 0. The van der Waals surface area contributed by atoms with E-state index >= 15 is 0 Å². The molecule has 0 aliphatic carbocycles. The molecule has 0 amide bonds. The Morgan fingerprint density at radius 2 is 1.79 bits per heavy atom. The molecule has 2 N–H and O–H groups in total. The van der Waals surface area contributed by atoms with E-state index in [1.165, 1.54) is 25.0 Å². The van der Waals surface area contributed by atoms with Crippen LogP contribution < -0.4 is 9.62 Å². The zero-order valence-electron chi connectivity index (χ0n) is 18.1. The van der Waals surface area contributed by atoms with E-state index in [0.29, 0.717) is 17.7 Å². The number of carboxylic acids is 1. The Balaban J connectivity index is 1.53. The van der Waals surface area contributed by atoms with Crippen molar-refractivity contribution in [2.24, 2.45) is 5.92 Å². The van der Waals surface area contributed by atoms with E-state index in [1.807, 2.05) is 0 Å². The minimum atomic E-state index is -4.22. The highest BCUT2D eigenvalue weighted by Crippen LogP contribution is 2.30. The van der Waals surface area contributed by atoms with E-state index in [0.717, 1.165) is 57.7 Å². The Hall–Kier alpha value is -2.72. The van der Waals surface area contributed by atoms with Crippen LogP contribution in [0.4, 0.5) is 20.2 Å². The Morgan fingerprint density at radius 3 is 2.48 bits per heavy atom. The molecule has 2 aliphatic heterocycles. The molecule has 2 aliphatic rings. The van der Waals surface area contributed by atoms with Gasteiger partial charge in [-0.15, -0.1) is 0 Å². The molecule has 0 saturated carbocycles. The number of sulfonamides is 1. The van der Waals surface area contributed by atoms with Crippen LogP contribution in [-0.4, -0.2) is 57.1 Å². The lowest BCUT2D eigenvalue weighted by atomic mass is 9.96. The van der Waals surface area contributed by atoms with Gasteiger partial charge in [0.2, 0.25) is 0 Å². The predicted molar refractivity (Wildman–Crippen MR) is 121 cm³/mol. The smallest absolute Gasteiger partial charge is 0.337 e. The summed E-state index contributed by atoms with van der Waals surface area (Å²) in [4.78, 5) is 16.1. The molecule has 2 saturated heterocycles. The number of rotatable bonds is 7. The summed E-state index contributed by atoms with van der Waals surface area (Å²) in [6.07, 6.45) is 4.51. The van der Waals surface area contributed by atoms with Gasteiger partial charge in [-0.1, -0.05) is 0 Å². The summed E-state index contributed by atoms with van der Waals surface area (Å²) in [5.74, 6) is -3.16. The number of carbonyl (C=O) groups is 1. The van der Waals surface area contributed by atoms with Crippen molar-refractivity contribution in [3.8, 4) is 0 Å². The third kappa shape index (κ3) is 5.44. The van der Waals surface area contributed by atoms with Gasteiger partial charge in [-0.3, -0.25) is 4.72 Å². The van der Waals surface area contributed by atoms with Crippen molar-refractivity contribution in [1.82, 2.24) is 4.90 Å². The molecule has 33 heavy (non-hydrogen) atoms. The molecule has 1 atom stereocenters. The molecule has 2 aromatic carbocycles. The van der Waals surface area contributed by atoms with Gasteiger partial charge in [-0.05, 0) is 81.1 Å². The SMILES string of the molecule is O=C(O)c1cc(NS(=O)(=O)c2ccc(F)c(F)c2)ccc1N1CCC[C@H](CN2CCCC2)C1. The molecule has 0 radical (unpaired) electrons. The number of anilines is 2. The van der Waals surface area contributed by atoms with Gasteiger partial charge in [0, 0.05) is 25.3 Å². The highest BCUT2D eigenvalue weighted by atomic mass is 32.2. The molecule has 2 heterocycles. The first-order valence-corrected chi connectivity index (χ1v) is 12.5. The van der Waals surface area contributed by atoms with Gasteiger partial charge in [0.05, 0.1) is 16.1 Å². The maximum absolute atomic E-state index is 13.5. The van der Waals surface area contributed by atoms with E-state index in [9.17, 15) is 27.1 Å². The molecule has 2 aromatic rings. The number of hydrogen-bond acceptors (Lipinski definition) is 5. The minimum Gasteiger partial charge on any atom is -0.478 e. The van der Waals surface area contributed by atoms with Crippen LogP contribution in [0.1, 0.15) is 36.0 Å². The summed E-state index contributed by atoms with van der Waals surface area (Å²) in [5, 5.41) is 9.80. The lowest BCUT2D eigenvalue weighted by Crippen LogP contribution is -2.41. The maximum atomic E-state index is 13.5. The van der Waals surface area contributed by atoms with Gasteiger partial charge >= 0.3 is 5.97 Å². The monoisotopic (exact) mass is 479 g/mol. The van der Waals surface area contributed by atoms with Crippen LogP contribution in [0.3, 0.4) is 0 Å². The second-order valence-corrected chi connectivity index (χ2v) is 10.4. The van der Waals surface area contributed by atoms with Gasteiger partial charge in [0.25, 0.3) is 10.0 Å². The first kappa shape index (κ1) is 23.4. The predicted octanol–water partition coefficient (Wildman–Crippen LogP) is 3.78. The maximum Gasteiger partial charge on any atom is 0.337 e. The number of carboxylic acid groups (broad SMARTS) is 1. The van der Waals surface area contributed by atoms with Crippen molar-refractivity contribution in [3.63, 3.8) is 0 Å². The van der Waals surface area contributed by atoms with Crippen molar-refractivity contribution in [2.75, 3.05) is 42.3 Å². The molecule has 178 valence electrons. The fraction of sp³-hybridized carbons (Fsp3) is 0.435. The minimum absolute atomic E-state index is 0.0118. The Kier molecular flexibility index (Phi) is 6.85. The molecule has 10 heteroatoms. The van der Waals surface area contributed by atoms with Crippen LogP contribution >= 0.6 is 0 Å². The standard InChI is InChI=1S/C23H27F2N3O4S/c24-20-7-6-18(13-21(20)25)33(31,32)26-17-5-8-22(19(12-17)23(29)30)28-11-3-4-16(15-28)14-27-9-1-2-10-27/h5-8,12-13,16,26H,1-4,9-11,14-15H2,(H,29,30)/t16-/m1/s1. The largest absolute Gasteiger partial charge is 0.478 e. The van der Waals surface area contributed by atoms with E-state index in [2.05, 4.69) is 14.5 Å². The fourth-order valence-electron chi connectivity index (χ4n) is 4.67. The van der Waals surface area contributed by atoms with Crippen molar-refractivity contribution >= 4 is 27.4 Å². The summed E-state index contributed by atoms with van der Waals surface area (Å²) in [5.41, 5.74) is 0.568. The molecule has 7 nitrogen and oxygen atoms in total. The van der Waals surface area contributed by atoms with E-state index < -0.39 is 32.5 Å². The molecule has 0 spiro atoms. The molecule has 0 aromatic heterocycles. The summed E-state index contributed by atoms with van der Waals surface area (Å²) in [6.45, 7) is 4.71. The second kappa shape index (κ2) is 9.64. The Labute approximate surface area is 192 Å². The van der Waals surface area contributed by atoms with Crippen LogP contribution in [0.15, 0.2) is 41.3 Å². The van der Waals surface area contributed by atoms with Gasteiger partial charge in [0.1, 0.15) is 0 Å². The van der Waals surface area contributed by atoms with Crippen LogP contribution in [-0.2, 0) is 10.0 Å². The quantitative estimate of drug-likeness (QED) is 0.628. The number of aromatic carboxylic acids is 1. The topological polar surface area (TPSA) is 89.9 Å². The van der Waals surface area contributed by atoms with Crippen molar-refractivity contribution < 1.29 is 27.1 Å². The first-order valence-electron chi connectivity index (χ1n) is 11.1. The molecular formula is C23H27F2N3O4S. The molecule has 0 bridgehead atoms. The van der Waals surface area contributed by atoms with Crippen molar-refractivity contribution in [1.29, 1.82) is 0 Å². The van der Waals surface area contributed by atoms with Gasteiger partial charge in [-0.2, -0.15) is 0 Å². The Morgan fingerprint density at radius 1 is 1.03 bits per heavy atom. The van der Waals surface area contributed by atoms with Crippen molar-refractivity contribution in [3.05, 3.63) is 53.6 Å². The summed E-state index contributed by atoms with van der Waals surface area (Å²) in [6, 6.07) is 6.61. The van der Waals surface area contributed by atoms with E-state index in [1.54, 1.807) is 6.07 Å². The second-order valence-electron chi connectivity index (χ2n) is 8.68. The first-order chi connectivity index (χ1) is 15.7. The van der Waals surface area contributed by atoms with Crippen LogP contribution in [0.2, 0.25) is 0 Å². The van der Waals surface area contributed by atoms with Crippen LogP contribution in [0.5, 0.6) is 0 Å². The normalized spacial score (nSPS) is 19.6. The molecular weight excluding hydrogens is 452 g/mol. The number of benzene rings is 2. The number of halogens is 2.